The van der Waals surface area contributed by atoms with E-state index in [2.05, 4.69) is 79.8 Å². The maximum atomic E-state index is 15.9. The molecule has 16 nitrogen and oxygen atoms in total. The molecule has 0 atom stereocenters. The van der Waals surface area contributed by atoms with Crippen molar-refractivity contribution < 1.29 is 36.6 Å². The number of ether oxygens (including phenoxy) is 3. The number of rotatable bonds is 8. The molecule has 8 aromatic rings. The number of nitrogens with one attached hydrogen (secondary N) is 1. The van der Waals surface area contributed by atoms with Crippen molar-refractivity contribution in [1.82, 2.24) is 29.9 Å². The topological polar surface area (TPSA) is 150 Å². The number of carbonyl (C=O) groups is 1. The van der Waals surface area contributed by atoms with Gasteiger partial charge in [0, 0.05) is 97.9 Å². The number of carbonyl (C=O) groups excluding carboxylic acids is 1. The van der Waals surface area contributed by atoms with Gasteiger partial charge >= 0.3 is 6.09 Å². The van der Waals surface area contributed by atoms with E-state index >= 15 is 8.78 Å². The molecule has 1 amide bonds. The molecule has 10 heterocycles. The van der Waals surface area contributed by atoms with Gasteiger partial charge in [-0.1, -0.05) is 39.8 Å². The molecule has 0 bridgehead atoms. The lowest BCUT2D eigenvalue weighted by molar-refractivity contribution is 0.0597. The number of amides is 1. The molecule has 20 heteroatoms. The van der Waals surface area contributed by atoms with Gasteiger partial charge < -0.3 is 39.1 Å². The summed E-state index contributed by atoms with van der Waals surface area (Å²) in [5.74, 6) is -1.32. The first-order valence-electron chi connectivity index (χ1n) is 27.1. The number of morpholine rings is 2. The summed E-state index contributed by atoms with van der Waals surface area (Å²) < 4.78 is 77.2. The zero-order valence-electron chi connectivity index (χ0n) is 46.9. The van der Waals surface area contributed by atoms with Crippen LogP contribution in [0.4, 0.5) is 79.8 Å². The quantitative estimate of drug-likeness (QED) is 0.144. The monoisotopic (exact) mass is 1100 g/mol. The number of pyridine rings is 6. The molecule has 6 aromatic heterocycles. The highest BCUT2D eigenvalue weighted by atomic mass is 19.1. The van der Waals surface area contributed by atoms with Crippen LogP contribution in [0.15, 0.2) is 97.6 Å². The highest BCUT2D eigenvalue weighted by molar-refractivity contribution is 6.04. The predicted octanol–water partition coefficient (Wildman–Crippen LogP) is 12.6. The standard InChI is InChI=1S/C33H36F2N6O3.C28H28F2N6O/c1-20-28(40-19-33(5,6)29-25(40)17-22(18-37-29)39-11-13-43-14-12-39)27-23(35)15-21(34)16-24(27)38-30(20)41(26-9-7-8-10-36-26)31(42)44-32(2,3)4;1-17-25(24-20(30)12-18(29)13-21(24)33-27(17)34-23-6-4-5-7-31-23)36-16-28(2,3)26-22(36)14-19(15-32-26)35-8-10-37-11-9-35/h7-10,15-18H,11-14,19H2,1-6H3;4-7,12-15H,8-11,16H2,1-3H3,(H,31,33,34). The molecule has 81 heavy (non-hydrogen) atoms. The average molecular weight is 1110 g/mol. The Morgan fingerprint density at radius 3 is 1.62 bits per heavy atom. The Balaban J connectivity index is 0.000000173. The maximum absolute atomic E-state index is 15.9. The molecule has 1 N–H and O–H groups in total. The lowest BCUT2D eigenvalue weighted by Crippen LogP contribution is -2.36. The molecule has 0 saturated carbocycles. The predicted molar refractivity (Wildman–Crippen MR) is 308 cm³/mol. The summed E-state index contributed by atoms with van der Waals surface area (Å²) in [6, 6.07) is 19.1. The van der Waals surface area contributed by atoms with E-state index < -0.39 is 40.4 Å². The van der Waals surface area contributed by atoms with Crippen molar-refractivity contribution in [2.24, 2.45) is 0 Å². The van der Waals surface area contributed by atoms with E-state index in [1.165, 1.54) is 17.0 Å². The number of benzene rings is 2. The van der Waals surface area contributed by atoms with Crippen LogP contribution in [-0.4, -0.2) is 107 Å². The van der Waals surface area contributed by atoms with Gasteiger partial charge in [-0.2, -0.15) is 0 Å². The van der Waals surface area contributed by atoms with E-state index in [1.54, 1.807) is 58.3 Å². The van der Waals surface area contributed by atoms with Crippen LogP contribution in [0.1, 0.15) is 71.0 Å². The lowest BCUT2D eigenvalue weighted by atomic mass is 9.91. The number of nitrogens with zero attached hydrogens (tertiary/aromatic N) is 11. The third-order valence-electron chi connectivity index (χ3n) is 14.9. The van der Waals surface area contributed by atoms with E-state index in [-0.39, 0.29) is 38.9 Å². The molecular formula is C61H64F4N12O4. The number of aromatic nitrogens is 6. The molecule has 0 radical (unpaired) electrons. The van der Waals surface area contributed by atoms with Gasteiger partial charge in [0.05, 0.1) is 106 Å². The number of hydrogen-bond acceptors (Lipinski definition) is 15. The molecule has 2 saturated heterocycles. The first-order valence-corrected chi connectivity index (χ1v) is 27.1. The number of hydrogen-bond donors (Lipinski definition) is 1. The summed E-state index contributed by atoms with van der Waals surface area (Å²) in [6.45, 7) is 24.1. The molecule has 4 aliphatic heterocycles. The summed E-state index contributed by atoms with van der Waals surface area (Å²) in [5.41, 5.74) is 6.60. The van der Waals surface area contributed by atoms with Crippen LogP contribution in [0.5, 0.6) is 0 Å². The van der Waals surface area contributed by atoms with Gasteiger partial charge in [0.1, 0.15) is 52.1 Å². The second-order valence-electron chi connectivity index (χ2n) is 23.0. The summed E-state index contributed by atoms with van der Waals surface area (Å²) in [4.78, 5) is 51.4. The van der Waals surface area contributed by atoms with Crippen LogP contribution < -0.4 is 29.8 Å². The van der Waals surface area contributed by atoms with Crippen molar-refractivity contribution in [2.75, 3.05) is 95.5 Å². The van der Waals surface area contributed by atoms with Gasteiger partial charge in [-0.15, -0.1) is 0 Å². The van der Waals surface area contributed by atoms with Crippen molar-refractivity contribution >= 4 is 85.3 Å². The first kappa shape index (κ1) is 54.7. The highest BCUT2D eigenvalue weighted by Gasteiger charge is 2.42. The van der Waals surface area contributed by atoms with Gasteiger partial charge in [-0.05, 0) is 71.0 Å². The summed E-state index contributed by atoms with van der Waals surface area (Å²) >= 11 is 0. The minimum Gasteiger partial charge on any atom is -0.443 e. The van der Waals surface area contributed by atoms with E-state index in [1.807, 2.05) is 42.4 Å². The SMILES string of the molecule is Cc1c(N(C(=O)OC(C)(C)C)c2ccccn2)nc2cc(F)cc(F)c2c1N1CC(C)(C)c2ncc(N3CCOCC3)cc21.Cc1c(Nc2ccccn2)nc2cc(F)cc(F)c2c1N1CC(C)(C)c2ncc(N3CCOCC3)cc21. The van der Waals surface area contributed by atoms with Gasteiger partial charge in [0.2, 0.25) is 0 Å². The van der Waals surface area contributed by atoms with Gasteiger partial charge in [0.15, 0.2) is 0 Å². The Kier molecular flexibility index (Phi) is 14.4. The zero-order valence-corrected chi connectivity index (χ0v) is 46.9. The third-order valence-corrected chi connectivity index (χ3v) is 14.9. The number of halogens is 4. The Labute approximate surface area is 467 Å². The number of anilines is 10. The van der Waals surface area contributed by atoms with E-state index in [9.17, 15) is 13.6 Å². The van der Waals surface area contributed by atoms with Crippen LogP contribution in [0.3, 0.4) is 0 Å². The minimum atomic E-state index is -0.824. The summed E-state index contributed by atoms with van der Waals surface area (Å²) in [6.07, 6.45) is 6.31. The zero-order chi connectivity index (χ0) is 57.1. The van der Waals surface area contributed by atoms with Crippen LogP contribution in [0.2, 0.25) is 0 Å². The summed E-state index contributed by atoms with van der Waals surface area (Å²) in [5, 5.41) is 3.68. The Morgan fingerprint density at radius 2 is 1.14 bits per heavy atom. The fourth-order valence-corrected chi connectivity index (χ4v) is 11.3. The molecule has 0 aliphatic carbocycles. The highest BCUT2D eigenvalue weighted by Crippen LogP contribution is 2.51. The molecule has 2 fully saturated rings. The van der Waals surface area contributed by atoms with Gasteiger partial charge in [-0.25, -0.2) is 47.2 Å². The normalized spacial score (nSPS) is 16.5. The smallest absolute Gasteiger partial charge is 0.421 e. The molecule has 12 rings (SSSR count). The van der Waals surface area contributed by atoms with Crippen LogP contribution in [-0.2, 0) is 25.0 Å². The molecule has 0 unspecified atom stereocenters. The molecular weight excluding hydrogens is 1040 g/mol. The largest absolute Gasteiger partial charge is 0.443 e. The Bertz CT molecular complexity index is 3710. The average Bonchev–Trinajstić information content (AvgIpc) is 4.13. The van der Waals surface area contributed by atoms with Crippen molar-refractivity contribution in [2.45, 2.75) is 78.7 Å². The maximum Gasteiger partial charge on any atom is 0.421 e. The fraction of sp³-hybridized carbons (Fsp3) is 0.361. The lowest BCUT2D eigenvalue weighted by Gasteiger charge is -2.31. The van der Waals surface area contributed by atoms with Crippen LogP contribution in [0, 0.1) is 37.1 Å². The Hall–Kier alpha value is -8.23. The second-order valence-corrected chi connectivity index (χ2v) is 23.0. The first-order chi connectivity index (χ1) is 38.7. The molecule has 2 aromatic carbocycles. The van der Waals surface area contributed by atoms with Crippen LogP contribution in [0.25, 0.3) is 21.8 Å². The number of fused-ring (bicyclic) bond motifs is 4. The van der Waals surface area contributed by atoms with Crippen molar-refractivity contribution in [3.05, 3.63) is 143 Å². The minimum absolute atomic E-state index is 0.0612. The molecule has 0 spiro atoms. The van der Waals surface area contributed by atoms with E-state index in [4.69, 9.17) is 24.2 Å². The van der Waals surface area contributed by atoms with Gasteiger partial charge in [0.25, 0.3) is 0 Å². The molecule has 420 valence electrons. The van der Waals surface area contributed by atoms with Crippen molar-refractivity contribution in [3.63, 3.8) is 0 Å². The fourth-order valence-electron chi connectivity index (χ4n) is 11.3. The van der Waals surface area contributed by atoms with E-state index in [0.29, 0.717) is 68.1 Å². The Morgan fingerprint density at radius 1 is 0.642 bits per heavy atom. The summed E-state index contributed by atoms with van der Waals surface area (Å²) in [7, 11) is 0. The second kappa shape index (κ2) is 21.3. The van der Waals surface area contributed by atoms with Crippen LogP contribution >= 0.6 is 0 Å². The van der Waals surface area contributed by atoms with Crippen molar-refractivity contribution in [3.8, 4) is 0 Å². The third kappa shape index (κ3) is 10.7. The van der Waals surface area contributed by atoms with Crippen molar-refractivity contribution in [1.29, 1.82) is 0 Å². The molecule has 4 aliphatic rings. The van der Waals surface area contributed by atoms with Gasteiger partial charge in [-0.3, -0.25) is 9.97 Å². The van der Waals surface area contributed by atoms with E-state index in [0.717, 1.165) is 78.0 Å².